The van der Waals surface area contributed by atoms with E-state index in [1.54, 1.807) is 11.3 Å². The summed E-state index contributed by atoms with van der Waals surface area (Å²) in [5.74, 6) is 0.975. The third-order valence-electron chi connectivity index (χ3n) is 2.85. The maximum atomic E-state index is 5.57. The second-order valence-corrected chi connectivity index (χ2v) is 5.00. The van der Waals surface area contributed by atoms with Crippen molar-refractivity contribution in [3.63, 3.8) is 0 Å². The fourth-order valence-corrected chi connectivity index (χ4v) is 2.78. The van der Waals surface area contributed by atoms with Gasteiger partial charge in [0.25, 0.3) is 0 Å². The van der Waals surface area contributed by atoms with Crippen molar-refractivity contribution in [3.8, 4) is 0 Å². The van der Waals surface area contributed by atoms with Gasteiger partial charge in [-0.3, -0.25) is 0 Å². The summed E-state index contributed by atoms with van der Waals surface area (Å²) in [4.78, 5) is 5.41. The number of rotatable bonds is 3. The SMILES string of the molecule is Nc1ncc(CCC2CCCC2)s1. The molecule has 0 radical (unpaired) electrons. The number of nitrogen functional groups attached to an aromatic ring is 1. The van der Waals surface area contributed by atoms with E-state index in [2.05, 4.69) is 4.98 Å². The predicted molar refractivity (Wildman–Crippen MR) is 56.8 cm³/mol. The van der Waals surface area contributed by atoms with Crippen molar-refractivity contribution >= 4 is 16.5 Å². The highest BCUT2D eigenvalue weighted by Crippen LogP contribution is 2.29. The molecule has 1 aliphatic rings. The molecule has 0 bridgehead atoms. The number of aromatic nitrogens is 1. The molecule has 1 aromatic heterocycles. The lowest BCUT2D eigenvalue weighted by molar-refractivity contribution is 0.505. The van der Waals surface area contributed by atoms with Gasteiger partial charge in [-0.1, -0.05) is 25.7 Å². The minimum Gasteiger partial charge on any atom is -0.375 e. The van der Waals surface area contributed by atoms with E-state index in [0.717, 1.165) is 5.92 Å². The van der Waals surface area contributed by atoms with Crippen LogP contribution in [-0.4, -0.2) is 4.98 Å². The first-order chi connectivity index (χ1) is 6.34. The number of anilines is 1. The number of hydrogen-bond acceptors (Lipinski definition) is 3. The minimum atomic E-state index is 0.710. The van der Waals surface area contributed by atoms with Crippen LogP contribution < -0.4 is 5.73 Å². The molecule has 0 saturated heterocycles. The van der Waals surface area contributed by atoms with Crippen LogP contribution in [0.2, 0.25) is 0 Å². The lowest BCUT2D eigenvalue weighted by Crippen LogP contribution is -1.94. The van der Waals surface area contributed by atoms with Gasteiger partial charge in [0.15, 0.2) is 5.13 Å². The van der Waals surface area contributed by atoms with Gasteiger partial charge in [-0.05, 0) is 18.8 Å². The Morgan fingerprint density at radius 2 is 2.23 bits per heavy atom. The van der Waals surface area contributed by atoms with Crippen molar-refractivity contribution in [2.45, 2.75) is 38.5 Å². The molecular weight excluding hydrogens is 180 g/mol. The Morgan fingerprint density at radius 1 is 1.46 bits per heavy atom. The van der Waals surface area contributed by atoms with Gasteiger partial charge in [-0.2, -0.15) is 0 Å². The predicted octanol–water partition coefficient (Wildman–Crippen LogP) is 2.85. The Balaban J connectivity index is 1.78. The molecule has 0 aromatic carbocycles. The van der Waals surface area contributed by atoms with E-state index in [-0.39, 0.29) is 0 Å². The van der Waals surface area contributed by atoms with Crippen LogP contribution in [0.3, 0.4) is 0 Å². The molecule has 2 nitrogen and oxygen atoms in total. The number of nitrogens with two attached hydrogens (primary N) is 1. The number of nitrogens with zero attached hydrogens (tertiary/aromatic N) is 1. The van der Waals surface area contributed by atoms with E-state index in [9.17, 15) is 0 Å². The Bertz CT molecular complexity index is 264. The average Bonchev–Trinajstić information content (AvgIpc) is 2.71. The summed E-state index contributed by atoms with van der Waals surface area (Å²) in [6.07, 6.45) is 10.2. The maximum Gasteiger partial charge on any atom is 0.180 e. The Hall–Kier alpha value is -0.570. The van der Waals surface area contributed by atoms with E-state index in [1.807, 2.05) is 6.20 Å². The molecule has 0 aliphatic heterocycles. The average molecular weight is 196 g/mol. The van der Waals surface area contributed by atoms with E-state index in [0.29, 0.717) is 5.13 Å². The fourth-order valence-electron chi connectivity index (χ4n) is 2.08. The van der Waals surface area contributed by atoms with E-state index < -0.39 is 0 Å². The highest BCUT2D eigenvalue weighted by molar-refractivity contribution is 7.15. The molecule has 13 heavy (non-hydrogen) atoms. The Morgan fingerprint density at radius 3 is 2.85 bits per heavy atom. The summed E-state index contributed by atoms with van der Waals surface area (Å²) in [6.45, 7) is 0. The molecule has 0 atom stereocenters. The van der Waals surface area contributed by atoms with Crippen LogP contribution in [0, 0.1) is 5.92 Å². The molecule has 2 rings (SSSR count). The largest absolute Gasteiger partial charge is 0.375 e. The third-order valence-corrected chi connectivity index (χ3v) is 3.73. The summed E-state index contributed by atoms with van der Waals surface area (Å²) >= 11 is 1.64. The Kier molecular flexibility index (Phi) is 2.83. The van der Waals surface area contributed by atoms with E-state index in [1.165, 1.54) is 43.4 Å². The van der Waals surface area contributed by atoms with Gasteiger partial charge >= 0.3 is 0 Å². The summed E-state index contributed by atoms with van der Waals surface area (Å²) < 4.78 is 0. The van der Waals surface area contributed by atoms with Crippen molar-refractivity contribution in [1.29, 1.82) is 0 Å². The van der Waals surface area contributed by atoms with Gasteiger partial charge in [0.2, 0.25) is 0 Å². The van der Waals surface area contributed by atoms with Crippen molar-refractivity contribution in [3.05, 3.63) is 11.1 Å². The molecule has 1 aromatic rings. The van der Waals surface area contributed by atoms with Gasteiger partial charge in [0, 0.05) is 11.1 Å². The van der Waals surface area contributed by atoms with Crippen molar-refractivity contribution < 1.29 is 0 Å². The first-order valence-electron chi connectivity index (χ1n) is 5.05. The standard InChI is InChI=1S/C10H16N2S/c11-10-12-7-9(13-10)6-5-8-3-1-2-4-8/h7-8H,1-6H2,(H2,11,12). The minimum absolute atomic E-state index is 0.710. The monoisotopic (exact) mass is 196 g/mol. The van der Waals surface area contributed by atoms with Gasteiger partial charge in [-0.25, -0.2) is 4.98 Å². The van der Waals surface area contributed by atoms with Crippen molar-refractivity contribution in [2.24, 2.45) is 5.92 Å². The zero-order valence-corrected chi connectivity index (χ0v) is 8.65. The van der Waals surface area contributed by atoms with Gasteiger partial charge in [-0.15, -0.1) is 11.3 Å². The molecule has 72 valence electrons. The number of aryl methyl sites for hydroxylation is 1. The van der Waals surface area contributed by atoms with Crippen LogP contribution in [0.1, 0.15) is 37.0 Å². The molecule has 1 saturated carbocycles. The molecule has 1 fully saturated rings. The lowest BCUT2D eigenvalue weighted by Gasteiger charge is -2.05. The molecule has 1 heterocycles. The highest BCUT2D eigenvalue weighted by atomic mass is 32.1. The molecule has 3 heteroatoms. The summed E-state index contributed by atoms with van der Waals surface area (Å²) in [5, 5.41) is 0.710. The first-order valence-corrected chi connectivity index (χ1v) is 5.86. The zero-order chi connectivity index (χ0) is 9.10. The quantitative estimate of drug-likeness (QED) is 0.807. The molecule has 0 spiro atoms. The number of thiazole rings is 1. The summed E-state index contributed by atoms with van der Waals surface area (Å²) in [5.41, 5.74) is 5.57. The second kappa shape index (κ2) is 4.09. The Labute approximate surface area is 83.2 Å². The van der Waals surface area contributed by atoms with Crippen LogP contribution in [0.25, 0.3) is 0 Å². The third kappa shape index (κ3) is 2.44. The van der Waals surface area contributed by atoms with Crippen LogP contribution in [-0.2, 0) is 6.42 Å². The molecular formula is C10H16N2S. The van der Waals surface area contributed by atoms with Crippen molar-refractivity contribution in [1.82, 2.24) is 4.98 Å². The topological polar surface area (TPSA) is 38.9 Å². The van der Waals surface area contributed by atoms with Crippen LogP contribution in [0.5, 0.6) is 0 Å². The van der Waals surface area contributed by atoms with Crippen LogP contribution in [0.4, 0.5) is 5.13 Å². The van der Waals surface area contributed by atoms with Crippen LogP contribution >= 0.6 is 11.3 Å². The van der Waals surface area contributed by atoms with Gasteiger partial charge in [0.05, 0.1) is 0 Å². The zero-order valence-electron chi connectivity index (χ0n) is 7.83. The maximum absolute atomic E-state index is 5.57. The molecule has 0 amide bonds. The van der Waals surface area contributed by atoms with Crippen molar-refractivity contribution in [2.75, 3.05) is 5.73 Å². The fraction of sp³-hybridized carbons (Fsp3) is 0.700. The first kappa shape index (κ1) is 9.00. The van der Waals surface area contributed by atoms with Gasteiger partial charge in [0.1, 0.15) is 0 Å². The molecule has 1 aliphatic carbocycles. The van der Waals surface area contributed by atoms with Gasteiger partial charge < -0.3 is 5.73 Å². The molecule has 0 unspecified atom stereocenters. The second-order valence-electron chi connectivity index (χ2n) is 3.85. The normalized spacial score (nSPS) is 18.2. The van der Waals surface area contributed by atoms with E-state index in [4.69, 9.17) is 5.73 Å². The summed E-state index contributed by atoms with van der Waals surface area (Å²) in [7, 11) is 0. The summed E-state index contributed by atoms with van der Waals surface area (Å²) in [6, 6.07) is 0. The lowest BCUT2D eigenvalue weighted by atomic mass is 10.0. The van der Waals surface area contributed by atoms with Crippen LogP contribution in [0.15, 0.2) is 6.20 Å². The smallest absolute Gasteiger partial charge is 0.180 e. The highest BCUT2D eigenvalue weighted by Gasteiger charge is 2.14. The number of hydrogen-bond donors (Lipinski definition) is 1. The molecule has 2 N–H and O–H groups in total. The van der Waals surface area contributed by atoms with E-state index >= 15 is 0 Å².